The minimum absolute atomic E-state index is 0.0759. The monoisotopic (exact) mass is 383 g/mol. The molecule has 0 saturated heterocycles. The number of carbonyl (C=O) groups excluding carboxylic acids is 1. The summed E-state index contributed by atoms with van der Waals surface area (Å²) >= 11 is 0. The second-order valence-corrected chi connectivity index (χ2v) is 7.04. The number of H-pyrrole nitrogens is 1. The molecule has 2 N–H and O–H groups in total. The molecule has 0 aliphatic heterocycles. The molecule has 29 heavy (non-hydrogen) atoms. The summed E-state index contributed by atoms with van der Waals surface area (Å²) in [7, 11) is 0. The van der Waals surface area contributed by atoms with E-state index in [-0.39, 0.29) is 23.9 Å². The van der Waals surface area contributed by atoms with E-state index in [2.05, 4.69) is 15.5 Å². The van der Waals surface area contributed by atoms with Crippen molar-refractivity contribution in [1.82, 2.24) is 15.5 Å². The Morgan fingerprint density at radius 1 is 0.897 bits per heavy atom. The Morgan fingerprint density at radius 2 is 1.52 bits per heavy atom. The van der Waals surface area contributed by atoms with Crippen LogP contribution in [-0.4, -0.2) is 16.1 Å². The highest BCUT2D eigenvalue weighted by Crippen LogP contribution is 2.23. The molecule has 5 nitrogen and oxygen atoms in total. The summed E-state index contributed by atoms with van der Waals surface area (Å²) in [6, 6.07) is 24.9. The van der Waals surface area contributed by atoms with E-state index >= 15 is 0 Å². The highest BCUT2D eigenvalue weighted by atomic mass is 16.1. The number of aryl methyl sites for hydroxylation is 1. The van der Waals surface area contributed by atoms with Crippen LogP contribution >= 0.6 is 0 Å². The fraction of sp³-hybridized carbons (Fsp3) is 0.125. The van der Waals surface area contributed by atoms with Crippen molar-refractivity contribution in [2.75, 3.05) is 0 Å². The Balaban J connectivity index is 1.63. The second-order valence-electron chi connectivity index (χ2n) is 7.04. The van der Waals surface area contributed by atoms with Gasteiger partial charge in [0.15, 0.2) is 0 Å². The lowest BCUT2D eigenvalue weighted by Crippen LogP contribution is -2.31. The summed E-state index contributed by atoms with van der Waals surface area (Å²) in [5.74, 6) is -0.163. The fourth-order valence-electron chi connectivity index (χ4n) is 3.43. The van der Waals surface area contributed by atoms with Crippen LogP contribution < -0.4 is 10.9 Å². The molecular formula is C24H21N3O2. The summed E-state index contributed by atoms with van der Waals surface area (Å²) < 4.78 is 0. The molecule has 4 rings (SSSR count). The smallest absolute Gasteiger partial charge is 0.272 e. The van der Waals surface area contributed by atoms with Gasteiger partial charge >= 0.3 is 0 Å². The molecule has 5 heteroatoms. The zero-order valence-electron chi connectivity index (χ0n) is 16.1. The molecule has 4 aromatic rings. The minimum atomic E-state index is -0.265. The predicted octanol–water partition coefficient (Wildman–Crippen LogP) is 3.68. The van der Waals surface area contributed by atoms with Gasteiger partial charge in [-0.15, -0.1) is 0 Å². The van der Waals surface area contributed by atoms with Crippen LogP contribution in [0.2, 0.25) is 0 Å². The Hall–Kier alpha value is -3.73. The van der Waals surface area contributed by atoms with Gasteiger partial charge < -0.3 is 5.32 Å². The van der Waals surface area contributed by atoms with Gasteiger partial charge in [0.05, 0.1) is 23.5 Å². The van der Waals surface area contributed by atoms with Gasteiger partial charge in [0.2, 0.25) is 5.91 Å². The maximum absolute atomic E-state index is 12.9. The van der Waals surface area contributed by atoms with Gasteiger partial charge in [-0.1, -0.05) is 78.4 Å². The standard InChI is InChI=1S/C24H21N3O2/c1-16-11-13-18(14-12-16)23(17-7-3-2-4-8-17)25-22(28)15-21-19-9-5-6-10-20(19)24(29)27-26-21/h2-14,23H,15H2,1H3,(H,25,28)(H,27,29)/t23-/m0/s1. The molecule has 0 unspecified atom stereocenters. The summed E-state index contributed by atoms with van der Waals surface area (Å²) in [5.41, 5.74) is 3.47. The first-order valence-electron chi connectivity index (χ1n) is 9.49. The number of hydrogen-bond donors (Lipinski definition) is 2. The summed E-state index contributed by atoms with van der Waals surface area (Å²) in [4.78, 5) is 24.9. The zero-order chi connectivity index (χ0) is 20.2. The van der Waals surface area contributed by atoms with Gasteiger partial charge in [0.1, 0.15) is 0 Å². The molecule has 3 aromatic carbocycles. The maximum atomic E-state index is 12.9. The third-order valence-electron chi connectivity index (χ3n) is 4.95. The lowest BCUT2D eigenvalue weighted by Gasteiger charge is -2.20. The van der Waals surface area contributed by atoms with Gasteiger partial charge in [-0.2, -0.15) is 5.10 Å². The lowest BCUT2D eigenvalue weighted by atomic mass is 9.97. The van der Waals surface area contributed by atoms with Gasteiger partial charge in [-0.05, 0) is 24.1 Å². The Morgan fingerprint density at radius 3 is 2.24 bits per heavy atom. The number of nitrogens with one attached hydrogen (secondary N) is 2. The average Bonchev–Trinajstić information content (AvgIpc) is 2.76. The quantitative estimate of drug-likeness (QED) is 0.552. The van der Waals surface area contributed by atoms with Crippen LogP contribution in [0.3, 0.4) is 0 Å². The first-order chi connectivity index (χ1) is 14.1. The molecule has 144 valence electrons. The van der Waals surface area contributed by atoms with Crippen molar-refractivity contribution in [3.8, 4) is 0 Å². The third-order valence-corrected chi connectivity index (χ3v) is 4.95. The van der Waals surface area contributed by atoms with E-state index in [4.69, 9.17) is 0 Å². The SMILES string of the molecule is Cc1ccc([C@@H](NC(=O)Cc2n[nH]c(=O)c3ccccc23)c2ccccc2)cc1. The normalized spacial score (nSPS) is 11.9. The number of carbonyl (C=O) groups is 1. The number of aromatic amines is 1. The average molecular weight is 383 g/mol. The van der Waals surface area contributed by atoms with Crippen LogP contribution in [0.25, 0.3) is 10.8 Å². The molecule has 0 aliphatic rings. The minimum Gasteiger partial charge on any atom is -0.345 e. The molecule has 1 heterocycles. The largest absolute Gasteiger partial charge is 0.345 e. The molecule has 0 saturated carbocycles. The first-order valence-corrected chi connectivity index (χ1v) is 9.49. The van der Waals surface area contributed by atoms with E-state index < -0.39 is 0 Å². The van der Waals surface area contributed by atoms with Crippen molar-refractivity contribution in [1.29, 1.82) is 0 Å². The Kier molecular flexibility index (Phi) is 5.20. The van der Waals surface area contributed by atoms with Crippen LogP contribution in [0, 0.1) is 6.92 Å². The topological polar surface area (TPSA) is 74.8 Å². The van der Waals surface area contributed by atoms with E-state index in [0.717, 1.165) is 16.7 Å². The van der Waals surface area contributed by atoms with E-state index in [1.165, 1.54) is 0 Å². The van der Waals surface area contributed by atoms with Crippen LogP contribution in [0.15, 0.2) is 83.7 Å². The lowest BCUT2D eigenvalue weighted by molar-refractivity contribution is -0.121. The number of fused-ring (bicyclic) bond motifs is 1. The zero-order valence-corrected chi connectivity index (χ0v) is 16.1. The second kappa shape index (κ2) is 8.10. The van der Waals surface area contributed by atoms with Crippen LogP contribution in [0.4, 0.5) is 0 Å². The number of rotatable bonds is 5. The Labute approximate surface area is 168 Å². The number of benzene rings is 3. The van der Waals surface area contributed by atoms with E-state index in [1.807, 2.05) is 73.7 Å². The van der Waals surface area contributed by atoms with Crippen LogP contribution in [-0.2, 0) is 11.2 Å². The highest BCUT2D eigenvalue weighted by Gasteiger charge is 2.18. The van der Waals surface area contributed by atoms with Crippen molar-refractivity contribution < 1.29 is 4.79 Å². The van der Waals surface area contributed by atoms with E-state index in [0.29, 0.717) is 16.5 Å². The van der Waals surface area contributed by atoms with Gasteiger partial charge in [-0.3, -0.25) is 9.59 Å². The third kappa shape index (κ3) is 4.09. The summed E-state index contributed by atoms with van der Waals surface area (Å²) in [6.45, 7) is 2.03. The molecule has 0 bridgehead atoms. The number of amides is 1. The molecule has 0 aliphatic carbocycles. The summed E-state index contributed by atoms with van der Waals surface area (Å²) in [5, 5.41) is 10.9. The molecular weight excluding hydrogens is 362 g/mol. The fourth-order valence-corrected chi connectivity index (χ4v) is 3.43. The molecule has 0 radical (unpaired) electrons. The van der Waals surface area contributed by atoms with Crippen LogP contribution in [0.1, 0.15) is 28.4 Å². The molecule has 0 spiro atoms. The molecule has 0 fully saturated rings. The van der Waals surface area contributed by atoms with Gasteiger partial charge in [0.25, 0.3) is 5.56 Å². The van der Waals surface area contributed by atoms with Crippen molar-refractivity contribution in [3.05, 3.63) is 112 Å². The summed E-state index contributed by atoms with van der Waals surface area (Å²) in [6.07, 6.45) is 0.0759. The van der Waals surface area contributed by atoms with Crippen molar-refractivity contribution >= 4 is 16.7 Å². The molecule has 1 amide bonds. The first kappa shape index (κ1) is 18.6. The molecule has 1 atom stereocenters. The highest BCUT2D eigenvalue weighted by molar-refractivity contribution is 5.88. The van der Waals surface area contributed by atoms with E-state index in [9.17, 15) is 9.59 Å². The maximum Gasteiger partial charge on any atom is 0.272 e. The van der Waals surface area contributed by atoms with Crippen molar-refractivity contribution in [2.45, 2.75) is 19.4 Å². The molecule has 1 aromatic heterocycles. The van der Waals surface area contributed by atoms with Crippen molar-refractivity contribution in [2.24, 2.45) is 0 Å². The number of hydrogen-bond acceptors (Lipinski definition) is 3. The van der Waals surface area contributed by atoms with Crippen molar-refractivity contribution in [3.63, 3.8) is 0 Å². The van der Waals surface area contributed by atoms with E-state index in [1.54, 1.807) is 12.1 Å². The van der Waals surface area contributed by atoms with Crippen LogP contribution in [0.5, 0.6) is 0 Å². The predicted molar refractivity (Wildman–Crippen MR) is 114 cm³/mol. The Bertz CT molecular complexity index is 1200. The number of nitrogens with zero attached hydrogens (tertiary/aromatic N) is 1. The van der Waals surface area contributed by atoms with Gasteiger partial charge in [-0.25, -0.2) is 5.10 Å². The van der Waals surface area contributed by atoms with Gasteiger partial charge in [0, 0.05) is 5.39 Å². The number of aromatic nitrogens is 2.